The maximum Gasteiger partial charge on any atom is 0.191 e. The number of aryl methyl sites for hydroxylation is 1. The van der Waals surface area contributed by atoms with Gasteiger partial charge in [0.25, 0.3) is 0 Å². The average molecular weight is 506 g/mol. The number of hydrogen-bond donors (Lipinski definition) is 4. The lowest BCUT2D eigenvalue weighted by Gasteiger charge is -2.13. The van der Waals surface area contributed by atoms with Crippen molar-refractivity contribution in [3.63, 3.8) is 0 Å². The zero-order valence-corrected chi connectivity index (χ0v) is 19.4. The predicted octanol–water partition coefficient (Wildman–Crippen LogP) is 4.32. The van der Waals surface area contributed by atoms with E-state index in [1.165, 1.54) is 22.2 Å². The summed E-state index contributed by atoms with van der Waals surface area (Å²) in [6, 6.07) is 18.2. The van der Waals surface area contributed by atoms with Crippen LogP contribution in [0.15, 0.2) is 59.6 Å². The Morgan fingerprint density at radius 1 is 1.07 bits per heavy atom. The second-order valence-electron chi connectivity index (χ2n) is 6.93. The van der Waals surface area contributed by atoms with Crippen molar-refractivity contribution in [1.82, 2.24) is 15.6 Å². The van der Waals surface area contributed by atoms with E-state index >= 15 is 0 Å². The van der Waals surface area contributed by atoms with Crippen LogP contribution in [-0.4, -0.2) is 35.7 Å². The minimum Gasteiger partial charge on any atom is -0.388 e. The van der Waals surface area contributed by atoms with Crippen LogP contribution >= 0.6 is 24.0 Å². The fourth-order valence-corrected chi connectivity index (χ4v) is 3.45. The number of nitrogens with one attached hydrogen (secondary N) is 3. The standard InChI is InChI=1S/C23H30N4O.HI/c1-3-24-23(26-16-14-22(28)18-9-5-4-6-10-18)25-15-13-19-17(2)27-21-12-8-7-11-20(19)21;/h4-12,22,27-28H,3,13-16H2,1-2H3,(H2,24,25,26);1H. The summed E-state index contributed by atoms with van der Waals surface area (Å²) in [5.41, 5.74) is 4.69. The topological polar surface area (TPSA) is 72.4 Å². The van der Waals surface area contributed by atoms with Gasteiger partial charge in [-0.3, -0.25) is 4.99 Å². The second kappa shape index (κ2) is 11.8. The highest BCUT2D eigenvalue weighted by molar-refractivity contribution is 14.0. The average Bonchev–Trinajstić information content (AvgIpc) is 3.04. The van der Waals surface area contributed by atoms with Crippen LogP contribution in [0.25, 0.3) is 10.9 Å². The first kappa shape index (κ1) is 23.2. The summed E-state index contributed by atoms with van der Waals surface area (Å²) in [5.74, 6) is 0.792. The van der Waals surface area contributed by atoms with Crippen LogP contribution in [0.2, 0.25) is 0 Å². The summed E-state index contributed by atoms with van der Waals surface area (Å²) < 4.78 is 0. The van der Waals surface area contributed by atoms with Gasteiger partial charge in [0, 0.05) is 36.2 Å². The van der Waals surface area contributed by atoms with Gasteiger partial charge in [-0.1, -0.05) is 48.5 Å². The minimum absolute atomic E-state index is 0. The van der Waals surface area contributed by atoms with Gasteiger partial charge < -0.3 is 20.7 Å². The van der Waals surface area contributed by atoms with E-state index in [-0.39, 0.29) is 24.0 Å². The van der Waals surface area contributed by atoms with Crippen LogP contribution in [-0.2, 0) is 6.42 Å². The van der Waals surface area contributed by atoms with Gasteiger partial charge in [-0.05, 0) is 43.9 Å². The summed E-state index contributed by atoms with van der Waals surface area (Å²) in [6.45, 7) is 6.35. The number of H-pyrrole nitrogens is 1. The molecule has 1 heterocycles. The third kappa shape index (κ3) is 6.47. The summed E-state index contributed by atoms with van der Waals surface area (Å²) in [4.78, 5) is 8.06. The number of aliphatic imine (C=N–C) groups is 1. The molecule has 3 rings (SSSR count). The molecule has 0 bridgehead atoms. The molecule has 0 spiro atoms. The highest BCUT2D eigenvalue weighted by Gasteiger charge is 2.09. The van der Waals surface area contributed by atoms with Gasteiger partial charge in [0.15, 0.2) is 5.96 Å². The quantitative estimate of drug-likeness (QED) is 0.209. The molecule has 0 aliphatic carbocycles. The zero-order valence-electron chi connectivity index (χ0n) is 17.1. The molecule has 6 heteroatoms. The van der Waals surface area contributed by atoms with Crippen molar-refractivity contribution >= 4 is 40.8 Å². The molecule has 0 amide bonds. The molecule has 1 aromatic heterocycles. The first-order valence-electron chi connectivity index (χ1n) is 10.0. The Labute approximate surface area is 190 Å². The van der Waals surface area contributed by atoms with Gasteiger partial charge in [0.2, 0.25) is 0 Å². The number of aromatic nitrogens is 1. The lowest BCUT2D eigenvalue weighted by molar-refractivity contribution is 0.170. The maximum absolute atomic E-state index is 10.3. The molecule has 0 aliphatic heterocycles. The number of aliphatic hydroxyl groups excluding tert-OH is 1. The molecule has 1 atom stereocenters. The highest BCUT2D eigenvalue weighted by atomic mass is 127. The van der Waals surface area contributed by atoms with E-state index < -0.39 is 6.10 Å². The first-order chi connectivity index (χ1) is 13.7. The predicted molar refractivity (Wildman–Crippen MR) is 132 cm³/mol. The van der Waals surface area contributed by atoms with Gasteiger partial charge in [-0.25, -0.2) is 0 Å². The van der Waals surface area contributed by atoms with Crippen molar-refractivity contribution in [3.05, 3.63) is 71.4 Å². The number of rotatable bonds is 8. The molecule has 156 valence electrons. The Bertz CT molecular complexity index is 908. The Morgan fingerprint density at radius 2 is 1.79 bits per heavy atom. The highest BCUT2D eigenvalue weighted by Crippen LogP contribution is 2.22. The summed E-state index contributed by atoms with van der Waals surface area (Å²) >= 11 is 0. The number of halogens is 1. The van der Waals surface area contributed by atoms with Crippen molar-refractivity contribution in [2.24, 2.45) is 4.99 Å². The van der Waals surface area contributed by atoms with E-state index in [1.54, 1.807) is 0 Å². The van der Waals surface area contributed by atoms with Gasteiger partial charge in [-0.15, -0.1) is 24.0 Å². The van der Waals surface area contributed by atoms with Gasteiger partial charge >= 0.3 is 0 Å². The van der Waals surface area contributed by atoms with E-state index in [0.29, 0.717) is 13.0 Å². The second-order valence-corrected chi connectivity index (χ2v) is 6.93. The monoisotopic (exact) mass is 506 g/mol. The van der Waals surface area contributed by atoms with E-state index in [2.05, 4.69) is 58.7 Å². The molecule has 1 unspecified atom stereocenters. The number of aliphatic hydroxyl groups is 1. The molecule has 0 radical (unpaired) electrons. The van der Waals surface area contributed by atoms with Gasteiger partial charge in [0.1, 0.15) is 0 Å². The zero-order chi connectivity index (χ0) is 19.8. The number of guanidine groups is 1. The number of fused-ring (bicyclic) bond motifs is 1. The Hall–Kier alpha value is -2.06. The summed E-state index contributed by atoms with van der Waals surface area (Å²) in [7, 11) is 0. The normalized spacial score (nSPS) is 12.4. The van der Waals surface area contributed by atoms with Crippen molar-refractivity contribution < 1.29 is 5.11 Å². The van der Waals surface area contributed by atoms with Crippen molar-refractivity contribution in [2.45, 2.75) is 32.8 Å². The number of benzene rings is 2. The van der Waals surface area contributed by atoms with Crippen LogP contribution in [0.3, 0.4) is 0 Å². The molecule has 2 aromatic carbocycles. The van der Waals surface area contributed by atoms with Crippen LogP contribution in [0.5, 0.6) is 0 Å². The third-order valence-electron chi connectivity index (χ3n) is 4.90. The van der Waals surface area contributed by atoms with E-state index in [1.807, 2.05) is 30.3 Å². The maximum atomic E-state index is 10.3. The van der Waals surface area contributed by atoms with Crippen molar-refractivity contribution in [3.8, 4) is 0 Å². The summed E-state index contributed by atoms with van der Waals surface area (Å²) in [5, 5.41) is 18.3. The third-order valence-corrected chi connectivity index (χ3v) is 4.90. The Balaban J connectivity index is 0.00000300. The van der Waals surface area contributed by atoms with Crippen LogP contribution < -0.4 is 10.6 Å². The van der Waals surface area contributed by atoms with E-state index in [9.17, 15) is 5.11 Å². The van der Waals surface area contributed by atoms with Crippen molar-refractivity contribution in [1.29, 1.82) is 0 Å². The Morgan fingerprint density at radius 3 is 2.55 bits per heavy atom. The minimum atomic E-state index is -0.485. The van der Waals surface area contributed by atoms with Crippen LogP contribution in [0.4, 0.5) is 0 Å². The molecule has 29 heavy (non-hydrogen) atoms. The number of para-hydroxylation sites is 1. The molecule has 0 saturated carbocycles. The fourth-order valence-electron chi connectivity index (χ4n) is 3.45. The fraction of sp³-hybridized carbons (Fsp3) is 0.348. The molecule has 4 N–H and O–H groups in total. The molecule has 0 aliphatic rings. The SMILES string of the molecule is CCNC(=NCCC(O)c1ccccc1)NCCc1c(C)[nH]c2ccccc12.I. The van der Waals surface area contributed by atoms with Crippen LogP contribution in [0.1, 0.15) is 36.3 Å². The molecule has 3 aromatic rings. The smallest absolute Gasteiger partial charge is 0.191 e. The van der Waals surface area contributed by atoms with E-state index in [4.69, 9.17) is 0 Å². The molecule has 0 saturated heterocycles. The van der Waals surface area contributed by atoms with E-state index in [0.717, 1.165) is 31.0 Å². The number of hydrogen-bond acceptors (Lipinski definition) is 2. The number of aromatic amines is 1. The molecular formula is C23H31IN4O. The first-order valence-corrected chi connectivity index (χ1v) is 10.0. The van der Waals surface area contributed by atoms with Crippen LogP contribution in [0, 0.1) is 6.92 Å². The molecule has 5 nitrogen and oxygen atoms in total. The lowest BCUT2D eigenvalue weighted by atomic mass is 10.1. The largest absolute Gasteiger partial charge is 0.388 e. The molecular weight excluding hydrogens is 475 g/mol. The summed E-state index contributed by atoms with van der Waals surface area (Å²) in [6.07, 6.45) is 1.04. The molecule has 0 fully saturated rings. The lowest BCUT2D eigenvalue weighted by Crippen LogP contribution is -2.38. The Kier molecular flexibility index (Phi) is 9.47. The number of nitrogens with zero attached hydrogens (tertiary/aromatic N) is 1. The van der Waals surface area contributed by atoms with Gasteiger partial charge in [-0.2, -0.15) is 0 Å². The van der Waals surface area contributed by atoms with Gasteiger partial charge in [0.05, 0.1) is 6.10 Å². The van der Waals surface area contributed by atoms with Crippen molar-refractivity contribution in [2.75, 3.05) is 19.6 Å².